The molecule has 3 heterocycles. The maximum absolute atomic E-state index is 2.75. The molecular formula is C72H48BN3. The number of benzene rings is 13. The number of rotatable bonds is 6. The third kappa shape index (κ3) is 6.19. The lowest BCUT2D eigenvalue weighted by molar-refractivity contribution is 1.24. The Labute approximate surface area is 441 Å². The summed E-state index contributed by atoms with van der Waals surface area (Å²) in [4.78, 5) is 5.08. The molecule has 14 aromatic rings. The molecule has 0 fully saturated rings. The van der Waals surface area contributed by atoms with Crippen molar-refractivity contribution < 1.29 is 0 Å². The first kappa shape index (κ1) is 42.8. The second kappa shape index (κ2) is 16.4. The van der Waals surface area contributed by atoms with Crippen molar-refractivity contribution in [2.24, 2.45) is 0 Å². The summed E-state index contributed by atoms with van der Waals surface area (Å²) in [6.07, 6.45) is 0. The summed E-state index contributed by atoms with van der Waals surface area (Å²) >= 11 is 0. The van der Waals surface area contributed by atoms with Crippen molar-refractivity contribution in [2.75, 3.05) is 9.80 Å². The fourth-order valence-corrected chi connectivity index (χ4v) is 13.4. The fourth-order valence-electron chi connectivity index (χ4n) is 13.4. The second-order valence-electron chi connectivity index (χ2n) is 20.8. The molecule has 76 heavy (non-hydrogen) atoms. The molecule has 2 aliphatic rings. The molecule has 2 aliphatic heterocycles. The van der Waals surface area contributed by atoms with Crippen LogP contribution in [0.5, 0.6) is 0 Å². The Morgan fingerprint density at radius 3 is 1.50 bits per heavy atom. The SMILES string of the molecule is Cc1c2ccccc2c(C)c2cc3c(cc12)B1c2c(cc(N(c4ccccc4)c4ccccc4)cc2N3c2cc(-c3ccccc3)cc(-c3ccccc3)c2)-c2cc3ccccc3c3c4c5ccccc5ccc4n1c23. The summed E-state index contributed by atoms with van der Waals surface area (Å²) in [5.41, 5.74) is 21.6. The lowest BCUT2D eigenvalue weighted by Gasteiger charge is -2.42. The van der Waals surface area contributed by atoms with E-state index < -0.39 is 0 Å². The predicted molar refractivity (Wildman–Crippen MR) is 325 cm³/mol. The maximum atomic E-state index is 2.75. The monoisotopic (exact) mass is 965 g/mol. The summed E-state index contributed by atoms with van der Waals surface area (Å²) in [6.45, 7) is 4.48. The van der Waals surface area contributed by atoms with E-state index in [0.717, 1.165) is 28.4 Å². The largest absolute Gasteiger partial charge is 0.375 e. The molecule has 0 radical (unpaired) electrons. The number of hydrogen-bond donors (Lipinski definition) is 0. The highest BCUT2D eigenvalue weighted by Gasteiger charge is 2.44. The van der Waals surface area contributed by atoms with Gasteiger partial charge in [-0.25, -0.2) is 0 Å². The van der Waals surface area contributed by atoms with Gasteiger partial charge in [-0.1, -0.05) is 182 Å². The molecule has 0 bridgehead atoms. The molecule has 0 aliphatic carbocycles. The molecule has 16 rings (SSSR count). The van der Waals surface area contributed by atoms with Crippen LogP contribution in [0.1, 0.15) is 11.1 Å². The van der Waals surface area contributed by atoms with E-state index in [4.69, 9.17) is 0 Å². The van der Waals surface area contributed by atoms with Crippen LogP contribution in [0.25, 0.3) is 98.3 Å². The van der Waals surface area contributed by atoms with Crippen molar-refractivity contribution in [1.29, 1.82) is 0 Å². The molecule has 0 saturated carbocycles. The normalized spacial score (nSPS) is 12.6. The maximum Gasteiger partial charge on any atom is 0.333 e. The Balaban J connectivity index is 1.12. The molecule has 0 N–H and O–H groups in total. The Morgan fingerprint density at radius 1 is 0.355 bits per heavy atom. The molecule has 3 nitrogen and oxygen atoms in total. The number of anilines is 6. The van der Waals surface area contributed by atoms with E-state index in [1.807, 2.05) is 0 Å². The molecule has 0 amide bonds. The number of hydrogen-bond acceptors (Lipinski definition) is 2. The first-order valence-corrected chi connectivity index (χ1v) is 26.5. The van der Waals surface area contributed by atoms with Crippen LogP contribution < -0.4 is 20.7 Å². The first-order chi connectivity index (χ1) is 37.6. The van der Waals surface area contributed by atoms with Crippen molar-refractivity contribution in [3.8, 4) is 33.4 Å². The van der Waals surface area contributed by atoms with E-state index in [9.17, 15) is 0 Å². The number of para-hydroxylation sites is 2. The zero-order valence-corrected chi connectivity index (χ0v) is 42.2. The van der Waals surface area contributed by atoms with Gasteiger partial charge in [0, 0.05) is 61.5 Å². The predicted octanol–water partition coefficient (Wildman–Crippen LogP) is 18.2. The highest BCUT2D eigenvalue weighted by molar-refractivity contribution is 6.90. The summed E-state index contributed by atoms with van der Waals surface area (Å²) in [7, 11) is 0. The van der Waals surface area contributed by atoms with E-state index in [2.05, 4.69) is 283 Å². The number of aryl methyl sites for hydroxylation is 2. The quantitative estimate of drug-likeness (QED) is 0.122. The second-order valence-corrected chi connectivity index (χ2v) is 20.8. The summed E-state index contributed by atoms with van der Waals surface area (Å²) in [5.74, 6) is 0. The van der Waals surface area contributed by atoms with Crippen LogP contribution in [0.2, 0.25) is 0 Å². The Morgan fingerprint density at radius 2 is 0.882 bits per heavy atom. The minimum Gasteiger partial charge on any atom is -0.375 e. The molecule has 354 valence electrons. The van der Waals surface area contributed by atoms with Gasteiger partial charge in [-0.05, 0) is 180 Å². The number of aromatic nitrogens is 1. The van der Waals surface area contributed by atoms with Crippen LogP contribution >= 0.6 is 0 Å². The van der Waals surface area contributed by atoms with Gasteiger partial charge in [-0.15, -0.1) is 0 Å². The van der Waals surface area contributed by atoms with E-state index >= 15 is 0 Å². The topological polar surface area (TPSA) is 11.4 Å². The van der Waals surface area contributed by atoms with Gasteiger partial charge >= 0.3 is 6.85 Å². The Kier molecular flexibility index (Phi) is 9.26. The van der Waals surface area contributed by atoms with Crippen molar-refractivity contribution in [2.45, 2.75) is 13.8 Å². The average molecular weight is 966 g/mol. The van der Waals surface area contributed by atoms with Crippen molar-refractivity contribution >= 4 is 117 Å². The van der Waals surface area contributed by atoms with Crippen molar-refractivity contribution in [3.05, 3.63) is 266 Å². The smallest absolute Gasteiger partial charge is 0.333 e. The van der Waals surface area contributed by atoms with E-state index in [1.54, 1.807) is 0 Å². The number of nitrogens with zero attached hydrogens (tertiary/aromatic N) is 3. The Hall–Kier alpha value is -9.64. The van der Waals surface area contributed by atoms with Gasteiger partial charge in [-0.2, -0.15) is 0 Å². The number of fused-ring (bicyclic) bond motifs is 13. The molecule has 1 aromatic heterocycles. The van der Waals surface area contributed by atoms with Gasteiger partial charge in [0.1, 0.15) is 0 Å². The molecule has 0 saturated heterocycles. The van der Waals surface area contributed by atoms with Gasteiger partial charge in [0.25, 0.3) is 0 Å². The van der Waals surface area contributed by atoms with Gasteiger partial charge in [-0.3, -0.25) is 0 Å². The van der Waals surface area contributed by atoms with Crippen LogP contribution in [0, 0.1) is 13.8 Å². The van der Waals surface area contributed by atoms with Gasteiger partial charge in [0.05, 0.1) is 0 Å². The highest BCUT2D eigenvalue weighted by Crippen LogP contribution is 2.52. The van der Waals surface area contributed by atoms with E-state index in [0.29, 0.717) is 0 Å². The lowest BCUT2D eigenvalue weighted by Crippen LogP contribution is -2.56. The third-order valence-electron chi connectivity index (χ3n) is 16.8. The molecule has 0 unspecified atom stereocenters. The minimum absolute atomic E-state index is 0.177. The highest BCUT2D eigenvalue weighted by atomic mass is 15.2. The standard InChI is InChI=1S/C72H48BN3/c1-45-57-31-19-20-32-58(57)46(2)62-44-67-65(43-61(45)62)73-71-63(64-40-50-26-16-18-34-60(50)70-69-59-33-17-15-25-49(59)35-36-66(69)76(73)72(64)70)41-56(74(53-27-11-5-12-28-53)54-29-13-6-14-30-54)42-68(71)75(67)55-38-51(47-21-7-3-8-22-47)37-52(39-55)48-23-9-4-10-24-48/h3-44H,1-2H3. The van der Waals surface area contributed by atoms with Crippen molar-refractivity contribution in [1.82, 2.24) is 4.48 Å². The zero-order valence-electron chi connectivity index (χ0n) is 42.2. The molecule has 13 aromatic carbocycles. The Bertz CT molecular complexity index is 4620. The summed E-state index contributed by atoms with van der Waals surface area (Å²) in [5, 5.41) is 12.8. The summed E-state index contributed by atoms with van der Waals surface area (Å²) in [6, 6.07) is 95.2. The van der Waals surface area contributed by atoms with Crippen LogP contribution in [0.3, 0.4) is 0 Å². The average Bonchev–Trinajstić information content (AvgIpc) is 3.85. The zero-order chi connectivity index (χ0) is 50.2. The molecule has 4 heteroatoms. The van der Waals surface area contributed by atoms with Crippen LogP contribution in [0.15, 0.2) is 255 Å². The van der Waals surface area contributed by atoms with Gasteiger partial charge in [0.15, 0.2) is 0 Å². The fraction of sp³-hybridized carbons (Fsp3) is 0.0278. The van der Waals surface area contributed by atoms with Crippen LogP contribution in [-0.2, 0) is 0 Å². The van der Waals surface area contributed by atoms with E-state index in [-0.39, 0.29) is 6.85 Å². The van der Waals surface area contributed by atoms with Gasteiger partial charge in [0.2, 0.25) is 0 Å². The van der Waals surface area contributed by atoms with Gasteiger partial charge < -0.3 is 14.3 Å². The third-order valence-corrected chi connectivity index (χ3v) is 16.8. The van der Waals surface area contributed by atoms with Crippen LogP contribution in [-0.4, -0.2) is 11.3 Å². The first-order valence-electron chi connectivity index (χ1n) is 26.5. The van der Waals surface area contributed by atoms with E-state index in [1.165, 1.54) is 126 Å². The minimum atomic E-state index is -0.177. The molecular weight excluding hydrogens is 918 g/mol. The molecule has 0 spiro atoms. The van der Waals surface area contributed by atoms with Crippen molar-refractivity contribution in [3.63, 3.8) is 0 Å². The summed E-state index contributed by atoms with van der Waals surface area (Å²) < 4.78 is 2.75. The van der Waals surface area contributed by atoms with Crippen LogP contribution in [0.4, 0.5) is 34.1 Å². The molecule has 0 atom stereocenters. The lowest BCUT2D eigenvalue weighted by atomic mass is 9.45.